The number of aromatic nitrogens is 1. The summed E-state index contributed by atoms with van der Waals surface area (Å²) in [5.74, 6) is 0.966. The number of rotatable bonds is 5. The largest absolute Gasteiger partial charge is 0.384 e. The number of likely N-dealkylation sites (N-methyl/N-ethyl adjacent to an activating group) is 1. The molecule has 0 saturated carbocycles. The third-order valence-electron chi connectivity index (χ3n) is 3.40. The second-order valence-electron chi connectivity index (χ2n) is 4.79. The van der Waals surface area contributed by atoms with E-state index in [0.29, 0.717) is 0 Å². The molecule has 3 N–H and O–H groups in total. The van der Waals surface area contributed by atoms with Gasteiger partial charge in [0.25, 0.3) is 0 Å². The second-order valence-corrected chi connectivity index (χ2v) is 4.79. The van der Waals surface area contributed by atoms with Crippen molar-refractivity contribution in [3.8, 4) is 0 Å². The molecule has 1 aliphatic rings. The fraction of sp³-hybridized carbons (Fsp3) is 0.538. The highest BCUT2D eigenvalue weighted by molar-refractivity contribution is 5.95. The number of hydrogen-bond acceptors (Lipinski definition) is 4. The first-order valence-electron chi connectivity index (χ1n) is 6.41. The van der Waals surface area contributed by atoms with Crippen LogP contribution in [0.5, 0.6) is 0 Å². The molecule has 0 amide bonds. The Morgan fingerprint density at radius 3 is 2.89 bits per heavy atom. The van der Waals surface area contributed by atoms with Crippen LogP contribution in [0.2, 0.25) is 0 Å². The average Bonchev–Trinajstić information content (AvgIpc) is 2.89. The van der Waals surface area contributed by atoms with Gasteiger partial charge in [-0.15, -0.1) is 0 Å². The first-order valence-corrected chi connectivity index (χ1v) is 6.41. The molecule has 0 atom stereocenters. The summed E-state index contributed by atoms with van der Waals surface area (Å²) in [6.45, 7) is 4.46. The van der Waals surface area contributed by atoms with Gasteiger partial charge in [-0.2, -0.15) is 0 Å². The maximum absolute atomic E-state index is 7.43. The van der Waals surface area contributed by atoms with E-state index in [9.17, 15) is 0 Å². The smallest absolute Gasteiger partial charge is 0.128 e. The molecular weight excluding hydrogens is 226 g/mol. The van der Waals surface area contributed by atoms with Gasteiger partial charge in [-0.05, 0) is 38.1 Å². The van der Waals surface area contributed by atoms with Gasteiger partial charge in [-0.3, -0.25) is 5.41 Å². The van der Waals surface area contributed by atoms with Crippen LogP contribution in [0, 0.1) is 5.41 Å². The standard InChI is InChI=1S/C13H21N5/c1-17(8-9-18-6-2-3-7-18)12-10-11(13(14)15)4-5-16-12/h4-5,10H,2-3,6-9H2,1H3,(H3,14,15). The van der Waals surface area contributed by atoms with E-state index in [0.717, 1.165) is 24.5 Å². The molecule has 1 aliphatic heterocycles. The molecule has 18 heavy (non-hydrogen) atoms. The van der Waals surface area contributed by atoms with Gasteiger partial charge in [0.2, 0.25) is 0 Å². The van der Waals surface area contributed by atoms with Crippen molar-refractivity contribution < 1.29 is 0 Å². The van der Waals surface area contributed by atoms with Crippen LogP contribution >= 0.6 is 0 Å². The molecular formula is C13H21N5. The lowest BCUT2D eigenvalue weighted by atomic mass is 10.2. The number of hydrogen-bond donors (Lipinski definition) is 2. The number of nitrogen functional groups attached to an aromatic ring is 1. The van der Waals surface area contributed by atoms with Gasteiger partial charge in [-0.25, -0.2) is 4.98 Å². The minimum absolute atomic E-state index is 0.0894. The van der Waals surface area contributed by atoms with Gasteiger partial charge in [0.05, 0.1) is 0 Å². The molecule has 0 aliphatic carbocycles. The van der Waals surface area contributed by atoms with Gasteiger partial charge < -0.3 is 15.5 Å². The monoisotopic (exact) mass is 247 g/mol. The van der Waals surface area contributed by atoms with E-state index in [1.54, 1.807) is 12.3 Å². The minimum Gasteiger partial charge on any atom is -0.384 e. The highest BCUT2D eigenvalue weighted by atomic mass is 15.2. The third kappa shape index (κ3) is 3.20. The molecule has 1 fully saturated rings. The molecule has 0 bridgehead atoms. The summed E-state index contributed by atoms with van der Waals surface area (Å²) in [6.07, 6.45) is 4.35. The summed E-state index contributed by atoms with van der Waals surface area (Å²) >= 11 is 0. The molecule has 0 radical (unpaired) electrons. The van der Waals surface area contributed by atoms with Crippen LogP contribution in [-0.2, 0) is 0 Å². The normalized spacial score (nSPS) is 15.8. The number of likely N-dealkylation sites (tertiary alicyclic amines) is 1. The summed E-state index contributed by atoms with van der Waals surface area (Å²) in [5.41, 5.74) is 6.21. The molecule has 0 aromatic carbocycles. The lowest BCUT2D eigenvalue weighted by Crippen LogP contribution is -2.31. The van der Waals surface area contributed by atoms with E-state index in [2.05, 4.69) is 14.8 Å². The molecule has 2 heterocycles. The predicted octanol–water partition coefficient (Wildman–Crippen LogP) is 0.898. The summed E-state index contributed by atoms with van der Waals surface area (Å²) < 4.78 is 0. The Labute approximate surface area is 108 Å². The second kappa shape index (κ2) is 5.82. The lowest BCUT2D eigenvalue weighted by molar-refractivity contribution is 0.346. The van der Waals surface area contributed by atoms with E-state index < -0.39 is 0 Å². The van der Waals surface area contributed by atoms with E-state index >= 15 is 0 Å². The zero-order chi connectivity index (χ0) is 13.0. The number of anilines is 1. The molecule has 5 nitrogen and oxygen atoms in total. The van der Waals surface area contributed by atoms with Crippen LogP contribution < -0.4 is 10.6 Å². The summed E-state index contributed by atoms with van der Waals surface area (Å²) in [5, 5.41) is 7.43. The van der Waals surface area contributed by atoms with Crippen LogP contribution in [-0.4, -0.2) is 48.9 Å². The van der Waals surface area contributed by atoms with Crippen LogP contribution in [0.25, 0.3) is 0 Å². The highest BCUT2D eigenvalue weighted by Gasteiger charge is 2.12. The van der Waals surface area contributed by atoms with Crippen molar-refractivity contribution in [2.75, 3.05) is 38.1 Å². The van der Waals surface area contributed by atoms with Crippen LogP contribution in [0.15, 0.2) is 18.3 Å². The van der Waals surface area contributed by atoms with Crippen molar-refractivity contribution in [2.24, 2.45) is 5.73 Å². The summed E-state index contributed by atoms with van der Waals surface area (Å²) in [7, 11) is 2.03. The number of pyridine rings is 1. The topological polar surface area (TPSA) is 69.2 Å². The van der Waals surface area contributed by atoms with Gasteiger partial charge in [0.15, 0.2) is 0 Å². The third-order valence-corrected chi connectivity index (χ3v) is 3.40. The molecule has 1 aromatic heterocycles. The molecule has 5 heteroatoms. The number of nitrogens with zero attached hydrogens (tertiary/aromatic N) is 3. The zero-order valence-corrected chi connectivity index (χ0v) is 10.9. The van der Waals surface area contributed by atoms with E-state index in [1.165, 1.54) is 25.9 Å². The van der Waals surface area contributed by atoms with Crippen molar-refractivity contribution in [2.45, 2.75) is 12.8 Å². The van der Waals surface area contributed by atoms with Gasteiger partial charge in [0.1, 0.15) is 11.7 Å². The first kappa shape index (κ1) is 12.8. The summed E-state index contributed by atoms with van der Waals surface area (Å²) in [6, 6.07) is 3.63. The molecule has 1 aromatic rings. The maximum atomic E-state index is 7.43. The van der Waals surface area contributed by atoms with Gasteiger partial charge in [-0.1, -0.05) is 0 Å². The van der Waals surface area contributed by atoms with Crippen molar-refractivity contribution in [1.29, 1.82) is 5.41 Å². The Balaban J connectivity index is 1.93. The van der Waals surface area contributed by atoms with E-state index in [1.807, 2.05) is 13.1 Å². The molecule has 98 valence electrons. The molecule has 2 rings (SSSR count). The quantitative estimate of drug-likeness (QED) is 0.599. The van der Waals surface area contributed by atoms with Gasteiger partial charge in [0, 0.05) is 31.9 Å². The van der Waals surface area contributed by atoms with Crippen LogP contribution in [0.1, 0.15) is 18.4 Å². The fourth-order valence-corrected chi connectivity index (χ4v) is 2.21. The van der Waals surface area contributed by atoms with E-state index in [4.69, 9.17) is 11.1 Å². The lowest BCUT2D eigenvalue weighted by Gasteiger charge is -2.22. The highest BCUT2D eigenvalue weighted by Crippen LogP contribution is 2.12. The maximum Gasteiger partial charge on any atom is 0.128 e. The fourth-order valence-electron chi connectivity index (χ4n) is 2.21. The van der Waals surface area contributed by atoms with Crippen molar-refractivity contribution >= 4 is 11.7 Å². The molecule has 1 saturated heterocycles. The van der Waals surface area contributed by atoms with Crippen LogP contribution in [0.3, 0.4) is 0 Å². The molecule has 0 spiro atoms. The number of nitrogens with one attached hydrogen (secondary N) is 1. The van der Waals surface area contributed by atoms with Crippen molar-refractivity contribution in [1.82, 2.24) is 9.88 Å². The summed E-state index contributed by atoms with van der Waals surface area (Å²) in [4.78, 5) is 8.92. The van der Waals surface area contributed by atoms with E-state index in [-0.39, 0.29) is 5.84 Å². The first-order chi connectivity index (χ1) is 8.66. The zero-order valence-electron chi connectivity index (χ0n) is 10.9. The van der Waals surface area contributed by atoms with Crippen molar-refractivity contribution in [3.63, 3.8) is 0 Å². The number of amidine groups is 1. The predicted molar refractivity (Wildman–Crippen MR) is 74.2 cm³/mol. The Morgan fingerprint density at radius 2 is 2.22 bits per heavy atom. The van der Waals surface area contributed by atoms with Gasteiger partial charge >= 0.3 is 0 Å². The van der Waals surface area contributed by atoms with Crippen molar-refractivity contribution in [3.05, 3.63) is 23.9 Å². The Bertz CT molecular complexity index is 412. The SMILES string of the molecule is CN(CCN1CCCC1)c1cc(C(=N)N)ccn1. The number of nitrogens with two attached hydrogens (primary N) is 1. The minimum atomic E-state index is 0.0894. The Morgan fingerprint density at radius 1 is 1.50 bits per heavy atom. The van der Waals surface area contributed by atoms with Crippen LogP contribution in [0.4, 0.5) is 5.82 Å². The Hall–Kier alpha value is -1.62. The molecule has 0 unspecified atom stereocenters. The average molecular weight is 247 g/mol. The Kier molecular flexibility index (Phi) is 4.15.